The monoisotopic (exact) mass is 127 g/mol. The number of nitrogens with two attached hydrogens (primary N) is 1. The SMILES string of the molecule is C[N+]1(C(N)=O)N=CC=N1. The second-order valence-electron chi connectivity index (χ2n) is 1.78. The van der Waals surface area contributed by atoms with Crippen molar-refractivity contribution in [2.45, 2.75) is 0 Å². The molecule has 0 aromatic carbocycles. The second-order valence-corrected chi connectivity index (χ2v) is 1.78. The van der Waals surface area contributed by atoms with Crippen molar-refractivity contribution in [2.75, 3.05) is 7.05 Å². The van der Waals surface area contributed by atoms with Gasteiger partial charge in [-0.1, -0.05) is 10.2 Å². The van der Waals surface area contributed by atoms with E-state index < -0.39 is 10.7 Å². The summed E-state index contributed by atoms with van der Waals surface area (Å²) in [5.41, 5.74) is 4.94. The Balaban J connectivity index is 2.88. The first-order valence-electron chi connectivity index (χ1n) is 2.41. The van der Waals surface area contributed by atoms with E-state index in [-0.39, 0.29) is 0 Å². The van der Waals surface area contributed by atoms with Crippen molar-refractivity contribution in [1.82, 2.24) is 0 Å². The van der Waals surface area contributed by atoms with Gasteiger partial charge in [0.1, 0.15) is 19.5 Å². The third kappa shape index (κ3) is 0.812. The summed E-state index contributed by atoms with van der Waals surface area (Å²) < 4.78 is -0.417. The minimum Gasteiger partial charge on any atom is -0.315 e. The van der Waals surface area contributed by atoms with Crippen molar-refractivity contribution in [3.05, 3.63) is 0 Å². The lowest BCUT2D eigenvalue weighted by Crippen LogP contribution is -2.41. The molecule has 1 aliphatic rings. The Labute approximate surface area is 52.0 Å². The minimum atomic E-state index is -0.583. The van der Waals surface area contributed by atoms with E-state index in [0.717, 1.165) is 0 Å². The van der Waals surface area contributed by atoms with E-state index in [2.05, 4.69) is 10.2 Å². The molecule has 0 aromatic rings. The van der Waals surface area contributed by atoms with Crippen molar-refractivity contribution in [3.63, 3.8) is 0 Å². The average Bonchev–Trinajstić information content (AvgIpc) is 2.16. The number of carbonyl (C=O) groups is 1. The van der Waals surface area contributed by atoms with Gasteiger partial charge in [-0.05, 0) is 0 Å². The van der Waals surface area contributed by atoms with Crippen LogP contribution in [0.2, 0.25) is 0 Å². The molecular formula is C4H7N4O+. The molecule has 0 aliphatic carbocycles. The molecular weight excluding hydrogens is 120 g/mol. The number of urea groups is 1. The van der Waals surface area contributed by atoms with Crippen LogP contribution in [0.3, 0.4) is 0 Å². The molecule has 1 heterocycles. The number of rotatable bonds is 0. The summed E-state index contributed by atoms with van der Waals surface area (Å²) in [5, 5.41) is 7.37. The van der Waals surface area contributed by atoms with Crippen molar-refractivity contribution in [1.29, 1.82) is 0 Å². The van der Waals surface area contributed by atoms with E-state index in [1.54, 1.807) is 0 Å². The first-order valence-corrected chi connectivity index (χ1v) is 2.41. The maximum absolute atomic E-state index is 10.5. The lowest BCUT2D eigenvalue weighted by atomic mass is 10.9. The Hall–Kier alpha value is -1.23. The fourth-order valence-corrected chi connectivity index (χ4v) is 0.463. The van der Waals surface area contributed by atoms with E-state index in [4.69, 9.17) is 5.73 Å². The van der Waals surface area contributed by atoms with Gasteiger partial charge in [0.25, 0.3) is 0 Å². The molecule has 0 bridgehead atoms. The van der Waals surface area contributed by atoms with Gasteiger partial charge in [-0.2, -0.15) is 0 Å². The topological polar surface area (TPSA) is 67.8 Å². The third-order valence-corrected chi connectivity index (χ3v) is 1.07. The zero-order valence-corrected chi connectivity index (χ0v) is 4.98. The van der Waals surface area contributed by atoms with Gasteiger partial charge in [-0.15, -0.1) is 0 Å². The Morgan fingerprint density at radius 2 is 2.00 bits per heavy atom. The summed E-state index contributed by atoms with van der Waals surface area (Å²) in [7, 11) is 1.50. The average molecular weight is 127 g/mol. The van der Waals surface area contributed by atoms with Crippen LogP contribution in [0.4, 0.5) is 4.79 Å². The molecule has 0 radical (unpaired) electrons. The van der Waals surface area contributed by atoms with Crippen molar-refractivity contribution in [2.24, 2.45) is 15.9 Å². The number of carbonyl (C=O) groups excluding carboxylic acids is 1. The highest BCUT2D eigenvalue weighted by atomic mass is 16.2. The lowest BCUT2D eigenvalue weighted by molar-refractivity contribution is -0.839. The van der Waals surface area contributed by atoms with E-state index in [1.807, 2.05) is 0 Å². The number of hydrogen-bond donors (Lipinski definition) is 1. The Bertz CT molecular complexity index is 183. The number of hydrogen-bond acceptors (Lipinski definition) is 3. The smallest absolute Gasteiger partial charge is 0.315 e. The highest BCUT2D eigenvalue weighted by Crippen LogP contribution is 2.05. The van der Waals surface area contributed by atoms with Gasteiger partial charge in [0.15, 0.2) is 0 Å². The van der Waals surface area contributed by atoms with E-state index >= 15 is 0 Å². The maximum atomic E-state index is 10.5. The third-order valence-electron chi connectivity index (χ3n) is 1.07. The molecule has 0 spiro atoms. The molecule has 1 rings (SSSR count). The number of quaternary nitrogens is 1. The van der Waals surface area contributed by atoms with E-state index in [1.165, 1.54) is 19.5 Å². The quantitative estimate of drug-likeness (QED) is 0.438. The molecule has 5 nitrogen and oxygen atoms in total. The Morgan fingerprint density at radius 1 is 1.56 bits per heavy atom. The van der Waals surface area contributed by atoms with Crippen LogP contribution in [0.1, 0.15) is 0 Å². The summed E-state index contributed by atoms with van der Waals surface area (Å²) >= 11 is 0. The van der Waals surface area contributed by atoms with Crippen LogP contribution >= 0.6 is 0 Å². The molecule has 9 heavy (non-hydrogen) atoms. The summed E-state index contributed by atoms with van der Waals surface area (Å²) in [6, 6.07) is -0.583. The minimum absolute atomic E-state index is 0.417. The molecule has 48 valence electrons. The normalized spacial score (nSPS) is 20.6. The van der Waals surface area contributed by atoms with Crippen LogP contribution in [-0.4, -0.2) is 30.2 Å². The number of primary amides is 1. The summed E-state index contributed by atoms with van der Waals surface area (Å²) in [5.74, 6) is 0. The lowest BCUT2D eigenvalue weighted by Gasteiger charge is -2.09. The van der Waals surface area contributed by atoms with Crippen LogP contribution in [0.15, 0.2) is 10.2 Å². The molecule has 0 saturated heterocycles. The zero-order chi connectivity index (χ0) is 6.91. The second kappa shape index (κ2) is 1.63. The van der Waals surface area contributed by atoms with Gasteiger partial charge in [-0.25, -0.2) is 4.79 Å². The molecule has 5 heteroatoms. The van der Waals surface area contributed by atoms with Crippen molar-refractivity contribution >= 4 is 18.5 Å². The van der Waals surface area contributed by atoms with Gasteiger partial charge < -0.3 is 5.73 Å². The fraction of sp³-hybridized carbons (Fsp3) is 0.250. The van der Waals surface area contributed by atoms with E-state index in [9.17, 15) is 4.79 Å². The van der Waals surface area contributed by atoms with E-state index in [0.29, 0.717) is 0 Å². The van der Waals surface area contributed by atoms with Crippen LogP contribution in [0.5, 0.6) is 0 Å². The Kier molecular flexibility index (Phi) is 1.07. The Morgan fingerprint density at radius 3 is 2.22 bits per heavy atom. The molecule has 2 N–H and O–H groups in total. The van der Waals surface area contributed by atoms with Crippen LogP contribution in [0, 0.1) is 0 Å². The highest BCUT2D eigenvalue weighted by Gasteiger charge is 2.30. The molecule has 0 fully saturated rings. The van der Waals surface area contributed by atoms with Gasteiger partial charge in [0.2, 0.25) is 0 Å². The number of nitrogens with zero attached hydrogens (tertiary/aromatic N) is 3. The van der Waals surface area contributed by atoms with Crippen molar-refractivity contribution in [3.8, 4) is 0 Å². The highest BCUT2D eigenvalue weighted by molar-refractivity contribution is 6.16. The molecule has 0 aromatic heterocycles. The van der Waals surface area contributed by atoms with Crippen molar-refractivity contribution < 1.29 is 9.50 Å². The van der Waals surface area contributed by atoms with Crippen LogP contribution in [0.25, 0.3) is 0 Å². The summed E-state index contributed by atoms with van der Waals surface area (Å²) in [6.45, 7) is 0. The predicted molar refractivity (Wildman–Crippen MR) is 32.8 cm³/mol. The largest absolute Gasteiger partial charge is 0.467 e. The molecule has 0 atom stereocenters. The molecule has 1 aliphatic heterocycles. The predicted octanol–water partition coefficient (Wildman–Crippen LogP) is -0.503. The first kappa shape index (κ1) is 5.90. The summed E-state index contributed by atoms with van der Waals surface area (Å²) in [4.78, 5) is 10.5. The first-order chi connectivity index (χ1) is 4.15. The van der Waals surface area contributed by atoms with Crippen LogP contribution < -0.4 is 5.73 Å². The summed E-state index contributed by atoms with van der Waals surface area (Å²) in [6.07, 6.45) is 2.87. The van der Waals surface area contributed by atoms with Gasteiger partial charge in [0, 0.05) is 4.70 Å². The van der Waals surface area contributed by atoms with Crippen LogP contribution in [-0.2, 0) is 0 Å². The fourth-order valence-electron chi connectivity index (χ4n) is 0.463. The maximum Gasteiger partial charge on any atom is 0.467 e. The zero-order valence-electron chi connectivity index (χ0n) is 4.98. The van der Waals surface area contributed by atoms with Gasteiger partial charge >= 0.3 is 6.03 Å². The van der Waals surface area contributed by atoms with Gasteiger partial charge in [-0.3, -0.25) is 0 Å². The molecule has 0 unspecified atom stereocenters. The standard InChI is InChI=1S/C4H6N4O/c1-8(4(5)9)6-2-3-7-8/h2-3H,1H3,(H-,5,9)/p+1. The van der Waals surface area contributed by atoms with Gasteiger partial charge in [0.05, 0.1) is 0 Å². The molecule has 0 saturated carbocycles. The number of amides is 2. The molecule has 2 amide bonds.